The van der Waals surface area contributed by atoms with Crippen LogP contribution in [0.4, 0.5) is 5.95 Å². The molecule has 9 heteroatoms. The molecule has 0 amide bonds. The molecule has 8 nitrogen and oxygen atoms in total. The predicted molar refractivity (Wildman–Crippen MR) is 96.4 cm³/mol. The largest absolute Gasteiger partial charge is 0.415 e. The van der Waals surface area contributed by atoms with E-state index in [-0.39, 0.29) is 28.5 Å². The smallest absolute Gasteiger partial charge is 0.280 e. The lowest BCUT2D eigenvalue weighted by Gasteiger charge is -2.36. The SMILES string of the molecule is C[SiH](C)OC(C(O)CCn1cnc2c(=O)[nH]c(N)nc21)C(C)(C)C. The Morgan fingerprint density at radius 1 is 1.46 bits per heavy atom. The molecular weight excluding hydrogens is 326 g/mol. The van der Waals surface area contributed by atoms with Crippen molar-refractivity contribution in [2.75, 3.05) is 5.73 Å². The molecule has 0 saturated heterocycles. The number of aromatic nitrogens is 4. The lowest BCUT2D eigenvalue weighted by atomic mass is 9.85. The Morgan fingerprint density at radius 2 is 2.12 bits per heavy atom. The van der Waals surface area contributed by atoms with E-state index < -0.39 is 15.1 Å². The average Bonchev–Trinajstić information content (AvgIpc) is 2.84. The van der Waals surface area contributed by atoms with E-state index in [0.29, 0.717) is 18.6 Å². The van der Waals surface area contributed by atoms with Crippen molar-refractivity contribution in [2.45, 2.75) is 59.0 Å². The fraction of sp³-hybridized carbons (Fsp3) is 0.667. The number of rotatable bonds is 6. The number of aryl methyl sites for hydroxylation is 1. The van der Waals surface area contributed by atoms with Crippen LogP contribution in [0.15, 0.2) is 11.1 Å². The molecule has 2 rings (SSSR count). The van der Waals surface area contributed by atoms with Crippen LogP contribution >= 0.6 is 0 Å². The zero-order valence-corrected chi connectivity index (χ0v) is 16.1. The quantitative estimate of drug-likeness (QED) is 0.663. The zero-order chi connectivity index (χ0) is 18.1. The Morgan fingerprint density at radius 3 is 2.71 bits per heavy atom. The number of aliphatic hydroxyl groups excluding tert-OH is 1. The van der Waals surface area contributed by atoms with Crippen molar-refractivity contribution in [3.63, 3.8) is 0 Å². The van der Waals surface area contributed by atoms with Gasteiger partial charge in [-0.3, -0.25) is 9.78 Å². The van der Waals surface area contributed by atoms with E-state index in [1.54, 1.807) is 10.9 Å². The lowest BCUT2D eigenvalue weighted by Crippen LogP contribution is -2.43. The minimum atomic E-state index is -1.28. The topological polar surface area (TPSA) is 119 Å². The van der Waals surface area contributed by atoms with E-state index in [4.69, 9.17) is 10.2 Å². The third-order valence-corrected chi connectivity index (χ3v) is 4.62. The van der Waals surface area contributed by atoms with Gasteiger partial charge in [-0.15, -0.1) is 0 Å². The van der Waals surface area contributed by atoms with Gasteiger partial charge in [0.25, 0.3) is 5.56 Å². The summed E-state index contributed by atoms with van der Waals surface area (Å²) in [4.78, 5) is 22.4. The summed E-state index contributed by atoms with van der Waals surface area (Å²) in [6.07, 6.45) is 1.17. The van der Waals surface area contributed by atoms with Crippen LogP contribution in [0.2, 0.25) is 13.1 Å². The average molecular weight is 353 g/mol. The van der Waals surface area contributed by atoms with Crippen molar-refractivity contribution >= 4 is 26.2 Å². The number of aromatic amines is 1. The van der Waals surface area contributed by atoms with E-state index >= 15 is 0 Å². The predicted octanol–water partition coefficient (Wildman–Crippen LogP) is 0.867. The molecule has 0 saturated carbocycles. The number of aliphatic hydroxyl groups is 1. The van der Waals surface area contributed by atoms with E-state index in [2.05, 4.69) is 48.8 Å². The van der Waals surface area contributed by atoms with Crippen LogP contribution in [0.25, 0.3) is 11.2 Å². The van der Waals surface area contributed by atoms with Gasteiger partial charge in [0, 0.05) is 6.54 Å². The summed E-state index contributed by atoms with van der Waals surface area (Å²) in [5.41, 5.74) is 5.75. The summed E-state index contributed by atoms with van der Waals surface area (Å²) < 4.78 is 7.78. The first-order chi connectivity index (χ1) is 11.1. The van der Waals surface area contributed by atoms with Crippen LogP contribution in [0.1, 0.15) is 27.2 Å². The van der Waals surface area contributed by atoms with Gasteiger partial charge in [-0.25, -0.2) is 4.98 Å². The molecule has 2 unspecified atom stereocenters. The van der Waals surface area contributed by atoms with Crippen molar-refractivity contribution in [1.29, 1.82) is 0 Å². The van der Waals surface area contributed by atoms with Crippen LogP contribution in [0.5, 0.6) is 0 Å². The minimum absolute atomic E-state index is 0.0523. The van der Waals surface area contributed by atoms with Gasteiger partial charge in [-0.05, 0) is 24.9 Å². The van der Waals surface area contributed by atoms with Gasteiger partial charge in [0.15, 0.2) is 20.2 Å². The van der Waals surface area contributed by atoms with E-state index in [1.807, 2.05) is 0 Å². The highest BCUT2D eigenvalue weighted by Gasteiger charge is 2.32. The Bertz CT molecular complexity index is 750. The second-order valence-corrected chi connectivity index (χ2v) is 9.76. The highest BCUT2D eigenvalue weighted by atomic mass is 28.3. The molecule has 0 aliphatic rings. The zero-order valence-electron chi connectivity index (χ0n) is 14.9. The monoisotopic (exact) mass is 353 g/mol. The molecule has 0 aliphatic heterocycles. The number of nitrogen functional groups attached to an aromatic ring is 1. The second kappa shape index (κ2) is 7.04. The first-order valence-electron chi connectivity index (χ1n) is 8.13. The Labute approximate surface area is 142 Å². The number of nitrogens with one attached hydrogen (secondary N) is 1. The molecule has 0 aromatic carbocycles. The molecule has 134 valence electrons. The van der Waals surface area contributed by atoms with Gasteiger partial charge in [0.1, 0.15) is 0 Å². The molecule has 2 heterocycles. The number of anilines is 1. The number of hydrogen-bond acceptors (Lipinski definition) is 6. The molecule has 2 atom stereocenters. The van der Waals surface area contributed by atoms with Gasteiger partial charge < -0.3 is 19.8 Å². The number of nitrogens with two attached hydrogens (primary N) is 1. The van der Waals surface area contributed by atoms with Gasteiger partial charge in [-0.2, -0.15) is 4.98 Å². The van der Waals surface area contributed by atoms with Crippen molar-refractivity contribution in [3.05, 3.63) is 16.7 Å². The molecule has 0 radical (unpaired) electrons. The van der Waals surface area contributed by atoms with E-state index in [0.717, 1.165) is 0 Å². The Hall–Kier alpha value is -1.71. The van der Waals surface area contributed by atoms with Crippen LogP contribution in [0, 0.1) is 5.41 Å². The van der Waals surface area contributed by atoms with Crippen molar-refractivity contribution in [3.8, 4) is 0 Å². The third kappa shape index (κ3) is 4.22. The number of nitrogens with zero attached hydrogens (tertiary/aromatic N) is 3. The van der Waals surface area contributed by atoms with E-state index in [1.165, 1.54) is 0 Å². The second-order valence-electron chi connectivity index (χ2n) is 7.39. The molecule has 2 aromatic rings. The van der Waals surface area contributed by atoms with Gasteiger partial charge in [0.2, 0.25) is 5.95 Å². The molecule has 24 heavy (non-hydrogen) atoms. The summed E-state index contributed by atoms with van der Waals surface area (Å²) in [6.45, 7) is 10.8. The maximum absolute atomic E-state index is 11.8. The summed E-state index contributed by atoms with van der Waals surface area (Å²) in [5, 5.41) is 10.6. The fourth-order valence-corrected chi connectivity index (χ4v) is 3.90. The minimum Gasteiger partial charge on any atom is -0.415 e. The van der Waals surface area contributed by atoms with Crippen LogP contribution in [-0.2, 0) is 11.0 Å². The van der Waals surface area contributed by atoms with Gasteiger partial charge >= 0.3 is 0 Å². The maximum Gasteiger partial charge on any atom is 0.280 e. The standard InChI is InChI=1S/C15H27N5O3Si/c1-15(2,3)11(23-24(4)5)9(21)6-7-20-8-17-10-12(20)18-14(16)19-13(10)22/h8-9,11,21,24H,6-7H2,1-5H3,(H3,16,18,19,22). The number of fused-ring (bicyclic) bond motifs is 1. The normalized spacial score (nSPS) is 15.1. The number of hydrogen-bond donors (Lipinski definition) is 3. The molecule has 0 bridgehead atoms. The van der Waals surface area contributed by atoms with Crippen LogP contribution in [0.3, 0.4) is 0 Å². The molecular formula is C15H27N5O3Si. The first-order valence-corrected chi connectivity index (χ1v) is 10.9. The summed E-state index contributed by atoms with van der Waals surface area (Å²) in [5.74, 6) is 0.0523. The highest BCUT2D eigenvalue weighted by molar-refractivity contribution is 6.48. The van der Waals surface area contributed by atoms with Gasteiger partial charge in [-0.1, -0.05) is 20.8 Å². The maximum atomic E-state index is 11.8. The highest BCUT2D eigenvalue weighted by Crippen LogP contribution is 2.27. The van der Waals surface area contributed by atoms with Crippen molar-refractivity contribution in [1.82, 2.24) is 19.5 Å². The number of H-pyrrole nitrogens is 1. The third-order valence-electron chi connectivity index (χ3n) is 3.78. The first kappa shape index (κ1) is 18.6. The molecule has 4 N–H and O–H groups in total. The molecule has 0 aliphatic carbocycles. The van der Waals surface area contributed by atoms with E-state index in [9.17, 15) is 9.90 Å². The van der Waals surface area contributed by atoms with Crippen LogP contribution in [-0.4, -0.2) is 45.9 Å². The molecule has 2 aromatic heterocycles. The molecule has 0 fully saturated rings. The fourth-order valence-electron chi connectivity index (χ4n) is 2.72. The lowest BCUT2D eigenvalue weighted by molar-refractivity contribution is -0.0334. The summed E-state index contributed by atoms with van der Waals surface area (Å²) in [7, 11) is -1.28. The molecule has 0 spiro atoms. The van der Waals surface area contributed by atoms with Crippen molar-refractivity contribution in [2.24, 2.45) is 5.41 Å². The summed E-state index contributed by atoms with van der Waals surface area (Å²) in [6, 6.07) is 0. The summed E-state index contributed by atoms with van der Waals surface area (Å²) >= 11 is 0. The Balaban J connectivity index is 2.16. The van der Waals surface area contributed by atoms with Crippen LogP contribution < -0.4 is 11.3 Å². The number of imidazole rings is 1. The Kier molecular flexibility index (Phi) is 5.46. The van der Waals surface area contributed by atoms with Gasteiger partial charge in [0.05, 0.1) is 18.5 Å². The van der Waals surface area contributed by atoms with Crippen molar-refractivity contribution < 1.29 is 9.53 Å².